The number of ketones is 1. The van der Waals surface area contributed by atoms with E-state index in [0.717, 1.165) is 4.57 Å². The number of carbonyl (C=O) groups excluding carboxylic acids is 1. The Bertz CT molecular complexity index is 528. The molecule has 1 aliphatic rings. The van der Waals surface area contributed by atoms with Crippen LogP contribution in [0.4, 0.5) is 5.82 Å². The van der Waals surface area contributed by atoms with Crippen LogP contribution in [0.3, 0.4) is 0 Å². The molecule has 1 aliphatic heterocycles. The summed E-state index contributed by atoms with van der Waals surface area (Å²) in [6, 6.07) is 1.35. The normalized spacial score (nSPS) is 31.5. The van der Waals surface area contributed by atoms with Gasteiger partial charge in [0, 0.05) is 6.20 Å². The predicted molar refractivity (Wildman–Crippen MR) is 59.5 cm³/mol. The molecule has 0 aromatic carbocycles. The first-order chi connectivity index (χ1) is 8.41. The molecule has 1 fully saturated rings. The number of Topliss-reactive ketones (excluding diaryl/α,β-unsaturated/α-hetero) is 1. The fourth-order valence-electron chi connectivity index (χ4n) is 1.84. The fourth-order valence-corrected chi connectivity index (χ4v) is 1.84. The molecule has 8 nitrogen and oxygen atoms in total. The molecule has 2 rings (SSSR count). The predicted octanol–water partition coefficient (Wildman–Crippen LogP) is -1.97. The van der Waals surface area contributed by atoms with Crippen LogP contribution < -0.4 is 11.4 Å². The van der Waals surface area contributed by atoms with Gasteiger partial charge in [-0.15, -0.1) is 0 Å². The van der Waals surface area contributed by atoms with E-state index in [9.17, 15) is 19.8 Å². The number of anilines is 1. The molecule has 0 saturated carbocycles. The van der Waals surface area contributed by atoms with E-state index in [0.29, 0.717) is 0 Å². The van der Waals surface area contributed by atoms with E-state index in [2.05, 4.69) is 4.98 Å². The number of aromatic nitrogens is 2. The summed E-state index contributed by atoms with van der Waals surface area (Å²) in [5.41, 5.74) is 4.61. The van der Waals surface area contributed by atoms with Gasteiger partial charge in [0.15, 0.2) is 12.0 Å². The van der Waals surface area contributed by atoms with Crippen molar-refractivity contribution in [2.75, 3.05) is 5.73 Å². The maximum Gasteiger partial charge on any atom is 0.351 e. The van der Waals surface area contributed by atoms with Gasteiger partial charge in [0.1, 0.15) is 24.1 Å². The highest BCUT2D eigenvalue weighted by Crippen LogP contribution is 2.28. The number of aliphatic hydroxyl groups is 2. The van der Waals surface area contributed by atoms with Gasteiger partial charge in [-0.25, -0.2) is 4.79 Å². The molecule has 1 aromatic heterocycles. The van der Waals surface area contributed by atoms with Crippen LogP contribution in [0, 0.1) is 0 Å². The summed E-state index contributed by atoms with van der Waals surface area (Å²) in [6.07, 6.45) is -3.80. The summed E-state index contributed by atoms with van der Waals surface area (Å²) in [5.74, 6) is -0.395. The minimum atomic E-state index is -1.39. The maximum atomic E-state index is 11.6. The molecule has 18 heavy (non-hydrogen) atoms. The highest BCUT2D eigenvalue weighted by molar-refractivity contribution is 5.81. The van der Waals surface area contributed by atoms with Crippen molar-refractivity contribution in [2.45, 2.75) is 31.5 Å². The molecule has 1 aromatic rings. The number of nitrogens with zero attached hydrogens (tertiary/aromatic N) is 2. The molecular weight excluding hydrogens is 242 g/mol. The largest absolute Gasteiger partial charge is 0.387 e. The quantitative estimate of drug-likeness (QED) is 0.559. The highest BCUT2D eigenvalue weighted by Gasteiger charge is 2.46. The lowest BCUT2D eigenvalue weighted by Gasteiger charge is -2.16. The standard InChI is InChI=1S/C10H13N3O5/c1-4(14)8-6(15)7(16)9(18-8)13-3-2-5(11)12-10(13)17/h2-3,6-9,15-16H,1H3,(H2,11,12,17). The van der Waals surface area contributed by atoms with Crippen molar-refractivity contribution in [1.82, 2.24) is 9.55 Å². The first kappa shape index (κ1) is 12.7. The Balaban J connectivity index is 2.35. The third kappa shape index (κ3) is 2.01. The average Bonchev–Trinajstić information content (AvgIpc) is 2.57. The minimum Gasteiger partial charge on any atom is -0.387 e. The van der Waals surface area contributed by atoms with Crippen LogP contribution in [0.2, 0.25) is 0 Å². The number of rotatable bonds is 2. The molecule has 98 valence electrons. The maximum absolute atomic E-state index is 11.6. The molecule has 0 bridgehead atoms. The second-order valence-electron chi connectivity index (χ2n) is 4.08. The Morgan fingerprint density at radius 3 is 2.67 bits per heavy atom. The molecule has 4 unspecified atom stereocenters. The third-order valence-electron chi connectivity index (χ3n) is 2.76. The summed E-state index contributed by atoms with van der Waals surface area (Å²) in [5, 5.41) is 19.4. The van der Waals surface area contributed by atoms with Crippen LogP contribution in [0.25, 0.3) is 0 Å². The van der Waals surface area contributed by atoms with Crippen LogP contribution in [0.1, 0.15) is 13.2 Å². The summed E-state index contributed by atoms with van der Waals surface area (Å²) >= 11 is 0. The van der Waals surface area contributed by atoms with Crippen molar-refractivity contribution in [1.29, 1.82) is 0 Å². The Morgan fingerprint density at radius 2 is 2.17 bits per heavy atom. The van der Waals surface area contributed by atoms with E-state index >= 15 is 0 Å². The number of ether oxygens (including phenoxy) is 1. The van der Waals surface area contributed by atoms with Crippen molar-refractivity contribution in [3.63, 3.8) is 0 Å². The molecule has 4 N–H and O–H groups in total. The first-order valence-corrected chi connectivity index (χ1v) is 5.28. The zero-order valence-corrected chi connectivity index (χ0v) is 9.56. The third-order valence-corrected chi connectivity index (χ3v) is 2.76. The van der Waals surface area contributed by atoms with Crippen LogP contribution in [-0.4, -0.2) is 43.9 Å². The van der Waals surface area contributed by atoms with Crippen LogP contribution in [-0.2, 0) is 9.53 Å². The van der Waals surface area contributed by atoms with E-state index in [4.69, 9.17) is 10.5 Å². The van der Waals surface area contributed by atoms with Gasteiger partial charge >= 0.3 is 5.69 Å². The number of carbonyl (C=O) groups is 1. The van der Waals surface area contributed by atoms with E-state index in [1.165, 1.54) is 19.2 Å². The number of aliphatic hydroxyl groups excluding tert-OH is 2. The molecule has 0 amide bonds. The van der Waals surface area contributed by atoms with Crippen molar-refractivity contribution in [2.24, 2.45) is 0 Å². The molecule has 0 aliphatic carbocycles. The van der Waals surface area contributed by atoms with E-state index in [1.807, 2.05) is 0 Å². The summed E-state index contributed by atoms with van der Waals surface area (Å²) in [6.45, 7) is 1.23. The lowest BCUT2D eigenvalue weighted by atomic mass is 10.1. The molecular formula is C10H13N3O5. The van der Waals surface area contributed by atoms with Crippen molar-refractivity contribution >= 4 is 11.6 Å². The number of nitrogens with two attached hydrogens (primary N) is 1. The smallest absolute Gasteiger partial charge is 0.351 e. The Kier molecular flexibility index (Phi) is 3.16. The van der Waals surface area contributed by atoms with Gasteiger partial charge in [-0.3, -0.25) is 9.36 Å². The summed E-state index contributed by atoms with van der Waals surface area (Å²) in [7, 11) is 0. The second-order valence-corrected chi connectivity index (χ2v) is 4.08. The topological polar surface area (TPSA) is 128 Å². The SMILES string of the molecule is CC(=O)C1OC(n2ccc(N)nc2=O)C(O)C1O. The van der Waals surface area contributed by atoms with Crippen molar-refractivity contribution in [3.8, 4) is 0 Å². The van der Waals surface area contributed by atoms with Gasteiger partial charge in [0.2, 0.25) is 0 Å². The van der Waals surface area contributed by atoms with Gasteiger partial charge in [-0.1, -0.05) is 0 Å². The van der Waals surface area contributed by atoms with Gasteiger partial charge < -0.3 is 20.7 Å². The Morgan fingerprint density at radius 1 is 1.50 bits per heavy atom. The van der Waals surface area contributed by atoms with Gasteiger partial charge in [0.25, 0.3) is 0 Å². The molecule has 4 atom stereocenters. The Labute approximate surface area is 102 Å². The fraction of sp³-hybridized carbons (Fsp3) is 0.500. The molecule has 2 heterocycles. The highest BCUT2D eigenvalue weighted by atomic mass is 16.6. The summed E-state index contributed by atoms with van der Waals surface area (Å²) < 4.78 is 6.17. The van der Waals surface area contributed by atoms with E-state index < -0.39 is 36.0 Å². The van der Waals surface area contributed by atoms with Crippen LogP contribution >= 0.6 is 0 Å². The monoisotopic (exact) mass is 255 g/mol. The van der Waals surface area contributed by atoms with E-state index in [-0.39, 0.29) is 5.82 Å². The zero-order valence-electron chi connectivity index (χ0n) is 9.56. The molecule has 0 radical (unpaired) electrons. The lowest BCUT2D eigenvalue weighted by molar-refractivity contribution is -0.133. The molecule has 8 heteroatoms. The van der Waals surface area contributed by atoms with Gasteiger partial charge in [0.05, 0.1) is 0 Å². The average molecular weight is 255 g/mol. The van der Waals surface area contributed by atoms with Crippen LogP contribution in [0.5, 0.6) is 0 Å². The van der Waals surface area contributed by atoms with Crippen LogP contribution in [0.15, 0.2) is 17.1 Å². The van der Waals surface area contributed by atoms with E-state index in [1.54, 1.807) is 0 Å². The van der Waals surface area contributed by atoms with Crippen molar-refractivity contribution < 1.29 is 19.7 Å². The summed E-state index contributed by atoms with van der Waals surface area (Å²) in [4.78, 5) is 26.2. The number of nitrogen functional groups attached to an aromatic ring is 1. The van der Waals surface area contributed by atoms with Crippen molar-refractivity contribution in [3.05, 3.63) is 22.7 Å². The minimum absolute atomic E-state index is 0.0346. The molecule has 1 saturated heterocycles. The second kappa shape index (κ2) is 4.48. The lowest BCUT2D eigenvalue weighted by Crippen LogP contribution is -2.36. The van der Waals surface area contributed by atoms with Gasteiger partial charge in [-0.2, -0.15) is 4.98 Å². The number of hydrogen-bond acceptors (Lipinski definition) is 7. The van der Waals surface area contributed by atoms with Gasteiger partial charge in [-0.05, 0) is 13.0 Å². The Hall–Kier alpha value is -1.77. The zero-order chi connectivity index (χ0) is 13.4. The number of hydrogen-bond donors (Lipinski definition) is 3. The first-order valence-electron chi connectivity index (χ1n) is 5.28. The molecule has 0 spiro atoms.